The lowest BCUT2D eigenvalue weighted by Gasteiger charge is -2.13. The average Bonchev–Trinajstić information content (AvgIpc) is 2.72. The van der Waals surface area contributed by atoms with Gasteiger partial charge in [0.15, 0.2) is 0 Å². The number of halogens is 3. The molecule has 0 amide bonds. The second-order valence-electron chi connectivity index (χ2n) is 6.16. The summed E-state index contributed by atoms with van der Waals surface area (Å²) in [6, 6.07) is 10.3. The van der Waals surface area contributed by atoms with Gasteiger partial charge in [0.1, 0.15) is 16.4 Å². The number of alkyl halides is 3. The Morgan fingerprint density at radius 2 is 1.60 bits per heavy atom. The molecule has 0 spiro atoms. The minimum absolute atomic E-state index is 0.121. The summed E-state index contributed by atoms with van der Waals surface area (Å²) in [5.74, 6) is 0.447. The summed E-state index contributed by atoms with van der Waals surface area (Å²) in [5.41, 5.74) is 0.260. The molecule has 1 aromatic heterocycles. The fourth-order valence-corrected chi connectivity index (χ4v) is 3.93. The summed E-state index contributed by atoms with van der Waals surface area (Å²) in [7, 11) is -1.31. The fourth-order valence-electron chi connectivity index (χ4n) is 2.71. The summed E-state index contributed by atoms with van der Waals surface area (Å²) in [4.78, 5) is 3.85. The number of hydrogen-bond donors (Lipinski definition) is 1. The van der Waals surface area contributed by atoms with Crippen LogP contribution in [0.4, 0.5) is 18.9 Å². The van der Waals surface area contributed by atoms with Gasteiger partial charge in [-0.1, -0.05) is 12.1 Å². The highest BCUT2D eigenvalue weighted by Gasteiger charge is 2.30. The largest absolute Gasteiger partial charge is 0.497 e. The number of aromatic nitrogens is 1. The predicted molar refractivity (Wildman–Crippen MR) is 105 cm³/mol. The van der Waals surface area contributed by atoms with Gasteiger partial charge in [-0.15, -0.1) is 0 Å². The highest BCUT2D eigenvalue weighted by atomic mass is 32.2. The Bertz CT molecular complexity index is 1150. The molecule has 2 aromatic carbocycles. The van der Waals surface area contributed by atoms with Crippen molar-refractivity contribution in [2.75, 3.05) is 18.9 Å². The predicted octanol–water partition coefficient (Wildman–Crippen LogP) is 4.59. The van der Waals surface area contributed by atoms with Crippen LogP contribution in [0.5, 0.6) is 11.5 Å². The van der Waals surface area contributed by atoms with Crippen molar-refractivity contribution >= 4 is 15.7 Å². The fraction of sp³-hybridized carbons (Fsp3) is 0.150. The van der Waals surface area contributed by atoms with E-state index < -0.39 is 21.8 Å². The lowest BCUT2D eigenvalue weighted by Crippen LogP contribution is -2.14. The maximum Gasteiger partial charge on any atom is 0.416 e. The number of anilines is 1. The Morgan fingerprint density at radius 3 is 2.20 bits per heavy atom. The Kier molecular flexibility index (Phi) is 5.88. The average molecular weight is 438 g/mol. The number of pyridine rings is 1. The van der Waals surface area contributed by atoms with Crippen molar-refractivity contribution in [2.45, 2.75) is 11.1 Å². The molecule has 30 heavy (non-hydrogen) atoms. The number of rotatable bonds is 6. The van der Waals surface area contributed by atoms with E-state index >= 15 is 0 Å². The van der Waals surface area contributed by atoms with Gasteiger partial charge in [-0.3, -0.25) is 9.71 Å². The molecular formula is C20H17F3N2O4S. The third-order valence-electron chi connectivity index (χ3n) is 4.20. The van der Waals surface area contributed by atoms with Crippen LogP contribution in [0.25, 0.3) is 11.1 Å². The third kappa shape index (κ3) is 4.65. The number of methoxy groups -OCH3 is 2. The molecule has 1 N–H and O–H groups in total. The zero-order valence-electron chi connectivity index (χ0n) is 15.9. The second kappa shape index (κ2) is 8.23. The van der Waals surface area contributed by atoms with Crippen molar-refractivity contribution in [3.63, 3.8) is 0 Å². The van der Waals surface area contributed by atoms with Crippen molar-refractivity contribution in [1.82, 2.24) is 4.98 Å². The molecule has 6 nitrogen and oxygen atoms in total. The molecule has 0 aliphatic heterocycles. The summed E-state index contributed by atoms with van der Waals surface area (Å²) >= 11 is 0. The van der Waals surface area contributed by atoms with Gasteiger partial charge in [-0.05, 0) is 35.9 Å². The zero-order valence-corrected chi connectivity index (χ0v) is 16.7. The molecule has 0 radical (unpaired) electrons. The van der Waals surface area contributed by atoms with E-state index in [0.29, 0.717) is 16.9 Å². The van der Waals surface area contributed by atoms with Gasteiger partial charge in [-0.2, -0.15) is 13.2 Å². The summed E-state index contributed by atoms with van der Waals surface area (Å²) in [6.07, 6.45) is -1.73. The number of ether oxygens (including phenoxy) is 2. The van der Waals surface area contributed by atoms with E-state index in [1.54, 1.807) is 6.07 Å². The maximum atomic E-state index is 12.9. The molecule has 0 fully saturated rings. The Labute approximate surface area is 171 Å². The van der Waals surface area contributed by atoms with Gasteiger partial charge in [-0.25, -0.2) is 8.42 Å². The molecular weight excluding hydrogens is 421 g/mol. The topological polar surface area (TPSA) is 77.5 Å². The van der Waals surface area contributed by atoms with Gasteiger partial charge >= 0.3 is 6.18 Å². The van der Waals surface area contributed by atoms with Gasteiger partial charge in [0.2, 0.25) is 0 Å². The first-order valence-electron chi connectivity index (χ1n) is 8.51. The smallest absolute Gasteiger partial charge is 0.416 e. The van der Waals surface area contributed by atoms with Gasteiger partial charge in [0, 0.05) is 17.8 Å². The van der Waals surface area contributed by atoms with Gasteiger partial charge in [0.05, 0.1) is 31.7 Å². The summed E-state index contributed by atoms with van der Waals surface area (Å²) in [6.45, 7) is 0. The molecule has 0 atom stereocenters. The van der Waals surface area contributed by atoms with Crippen LogP contribution in [0.1, 0.15) is 5.56 Å². The summed E-state index contributed by atoms with van der Waals surface area (Å²) in [5, 5.41) is 0. The van der Waals surface area contributed by atoms with Crippen LogP contribution in [0.3, 0.4) is 0 Å². The highest BCUT2D eigenvalue weighted by Crippen LogP contribution is 2.32. The van der Waals surface area contributed by atoms with Crippen LogP contribution in [-0.2, 0) is 16.2 Å². The molecule has 10 heteroatoms. The molecule has 0 saturated carbocycles. The van der Waals surface area contributed by atoms with Gasteiger partial charge in [0.25, 0.3) is 10.0 Å². The van der Waals surface area contributed by atoms with Crippen LogP contribution in [0, 0.1) is 0 Å². The number of nitrogens with one attached hydrogen (secondary N) is 1. The number of sulfonamides is 1. The van der Waals surface area contributed by atoms with E-state index in [-0.39, 0.29) is 16.3 Å². The molecule has 0 saturated heterocycles. The quantitative estimate of drug-likeness (QED) is 0.609. The minimum atomic E-state index is -4.44. The molecule has 0 unspecified atom stereocenters. The summed E-state index contributed by atoms with van der Waals surface area (Å²) < 4.78 is 76.5. The number of hydrogen-bond acceptors (Lipinski definition) is 5. The lowest BCUT2D eigenvalue weighted by molar-refractivity contribution is -0.137. The van der Waals surface area contributed by atoms with Crippen molar-refractivity contribution in [3.05, 3.63) is 66.5 Å². The van der Waals surface area contributed by atoms with Crippen LogP contribution >= 0.6 is 0 Å². The normalized spacial score (nSPS) is 11.8. The Balaban J connectivity index is 1.92. The minimum Gasteiger partial charge on any atom is -0.497 e. The first-order valence-corrected chi connectivity index (χ1v) is 10.00. The van der Waals surface area contributed by atoms with Crippen molar-refractivity contribution in [1.29, 1.82) is 0 Å². The van der Waals surface area contributed by atoms with Crippen molar-refractivity contribution in [3.8, 4) is 22.6 Å². The monoisotopic (exact) mass is 438 g/mol. The highest BCUT2D eigenvalue weighted by molar-refractivity contribution is 7.92. The molecule has 158 valence electrons. The number of nitrogens with zero attached hydrogens (tertiary/aromatic N) is 1. The van der Waals surface area contributed by atoms with E-state index in [1.165, 1.54) is 56.9 Å². The molecule has 3 rings (SSSR count). The Hall–Kier alpha value is -3.27. The zero-order chi connectivity index (χ0) is 21.9. The molecule has 0 aliphatic carbocycles. The number of benzene rings is 2. The van der Waals surface area contributed by atoms with Crippen LogP contribution in [0.2, 0.25) is 0 Å². The van der Waals surface area contributed by atoms with Crippen LogP contribution in [-0.4, -0.2) is 27.6 Å². The van der Waals surface area contributed by atoms with Crippen LogP contribution in [0.15, 0.2) is 65.8 Å². The van der Waals surface area contributed by atoms with Gasteiger partial charge < -0.3 is 9.47 Å². The Morgan fingerprint density at radius 1 is 0.900 bits per heavy atom. The van der Waals surface area contributed by atoms with Crippen LogP contribution < -0.4 is 14.2 Å². The van der Waals surface area contributed by atoms with E-state index in [2.05, 4.69) is 9.71 Å². The van der Waals surface area contributed by atoms with E-state index in [1.807, 2.05) is 0 Å². The molecule has 0 bridgehead atoms. The second-order valence-corrected chi connectivity index (χ2v) is 7.81. The maximum absolute atomic E-state index is 12.9. The SMILES string of the molecule is COc1ccc(OC)c(S(=O)(=O)Nc2cncc(-c3ccc(C(F)(F)F)cc3)c2)c1. The van der Waals surface area contributed by atoms with E-state index in [0.717, 1.165) is 12.1 Å². The van der Waals surface area contributed by atoms with E-state index in [4.69, 9.17) is 9.47 Å². The molecule has 0 aliphatic rings. The first kappa shape index (κ1) is 21.4. The third-order valence-corrected chi connectivity index (χ3v) is 5.60. The van der Waals surface area contributed by atoms with Crippen molar-refractivity contribution < 1.29 is 31.1 Å². The molecule has 1 heterocycles. The lowest BCUT2D eigenvalue weighted by atomic mass is 10.1. The van der Waals surface area contributed by atoms with Crippen molar-refractivity contribution in [2.24, 2.45) is 0 Å². The standard InChI is InChI=1S/C20H17F3N2O4S/c1-28-17-7-8-18(29-2)19(10-17)30(26,27)25-16-9-14(11-24-12-16)13-3-5-15(6-4-13)20(21,22)23/h3-12,25H,1-2H3. The van der Waals surface area contributed by atoms with E-state index in [9.17, 15) is 21.6 Å². The molecule has 3 aromatic rings. The first-order chi connectivity index (χ1) is 14.1.